The highest BCUT2D eigenvalue weighted by Gasteiger charge is 2.39. The Balaban J connectivity index is 0.000000188. The Bertz CT molecular complexity index is 2780. The van der Waals surface area contributed by atoms with Gasteiger partial charge in [-0.2, -0.15) is 43.6 Å². The van der Waals surface area contributed by atoms with Gasteiger partial charge in [0.15, 0.2) is 0 Å². The van der Waals surface area contributed by atoms with E-state index in [1.165, 1.54) is 23.6 Å². The fraction of sp³-hybridized carbons (Fsp3) is 0.566. The normalized spacial score (nSPS) is 21.8. The first-order chi connectivity index (χ1) is 37.3. The second-order valence-corrected chi connectivity index (χ2v) is 20.3. The number of ether oxygens (including phenoxy) is 3. The smallest absolute Gasteiger partial charge is 0.419 e. The molecule has 4 fully saturated rings. The Kier molecular flexibility index (Phi) is 17.6. The Hall–Kier alpha value is -7.28. The van der Waals surface area contributed by atoms with E-state index in [1.807, 2.05) is 42.3 Å². The minimum atomic E-state index is -4.55. The summed E-state index contributed by atoms with van der Waals surface area (Å²) in [5.41, 5.74) is 3.54. The molecule has 4 saturated heterocycles. The zero-order chi connectivity index (χ0) is 54.1. The van der Waals surface area contributed by atoms with E-state index in [1.54, 1.807) is 9.80 Å². The SMILES string of the molecule is CN1CCC[C@H]1COc1nc2c(c(N3CCN(C(=O)O)C(CC#N)C3)n1)CCN(c1ncccc1C(F)(F)F)C2.CN1CCC[C@H]1COc1nc2c(c(N3CCN(C(=O)OCc4ccccc4)C(CC#N)C3)n1)CCNC2. The first kappa shape index (κ1) is 54.5. The molecule has 2 N–H and O–H groups in total. The van der Waals surface area contributed by atoms with Crippen molar-refractivity contribution in [2.45, 2.75) is 101 Å². The lowest BCUT2D eigenvalue weighted by Crippen LogP contribution is -2.55. The highest BCUT2D eigenvalue weighted by atomic mass is 19.4. The van der Waals surface area contributed by atoms with E-state index in [0.29, 0.717) is 75.9 Å². The summed E-state index contributed by atoms with van der Waals surface area (Å²) >= 11 is 0. The maximum absolute atomic E-state index is 13.7. The molecule has 0 aliphatic carbocycles. The first-order valence-electron chi connectivity index (χ1n) is 26.4. The predicted octanol–water partition coefficient (Wildman–Crippen LogP) is 5.34. The summed E-state index contributed by atoms with van der Waals surface area (Å²) < 4.78 is 59.0. The van der Waals surface area contributed by atoms with Gasteiger partial charge in [-0.25, -0.2) is 14.6 Å². The maximum Gasteiger partial charge on any atom is 0.419 e. The van der Waals surface area contributed by atoms with Crippen LogP contribution in [0.3, 0.4) is 0 Å². The molecule has 3 aromatic heterocycles. The zero-order valence-corrected chi connectivity index (χ0v) is 43.6. The summed E-state index contributed by atoms with van der Waals surface area (Å²) in [5.74, 6) is 1.28. The highest BCUT2D eigenvalue weighted by molar-refractivity contribution is 5.69. The number of hydrogen-bond acceptors (Lipinski definition) is 18. The van der Waals surface area contributed by atoms with E-state index < -0.39 is 23.9 Å². The molecule has 0 radical (unpaired) electrons. The van der Waals surface area contributed by atoms with Crippen molar-refractivity contribution in [3.8, 4) is 24.2 Å². The number of amides is 2. The Morgan fingerprint density at radius 2 is 1.31 bits per heavy atom. The van der Waals surface area contributed by atoms with E-state index in [0.717, 1.165) is 79.6 Å². The van der Waals surface area contributed by atoms with Crippen LogP contribution in [0, 0.1) is 22.7 Å². The van der Waals surface area contributed by atoms with Crippen LogP contribution in [-0.4, -0.2) is 179 Å². The molecule has 6 aliphatic heterocycles. The van der Waals surface area contributed by atoms with Gasteiger partial charge in [-0.1, -0.05) is 30.3 Å². The number of nitrogens with one attached hydrogen (secondary N) is 1. The molecule has 1 aromatic carbocycles. The van der Waals surface area contributed by atoms with Gasteiger partial charge < -0.3 is 58.9 Å². The number of aromatic nitrogens is 5. The van der Waals surface area contributed by atoms with Crippen molar-refractivity contribution < 1.29 is 42.1 Å². The lowest BCUT2D eigenvalue weighted by atomic mass is 10.0. The highest BCUT2D eigenvalue weighted by Crippen LogP contribution is 2.38. The van der Waals surface area contributed by atoms with Crippen molar-refractivity contribution in [1.82, 2.24) is 49.8 Å². The number of piperazine rings is 2. The molecular weight excluding hydrogens is 1000 g/mol. The van der Waals surface area contributed by atoms with Crippen LogP contribution in [0.2, 0.25) is 0 Å². The van der Waals surface area contributed by atoms with Crippen LogP contribution < -0.4 is 29.5 Å². The summed E-state index contributed by atoms with van der Waals surface area (Å²) in [7, 11) is 4.16. The lowest BCUT2D eigenvalue weighted by Gasteiger charge is -2.41. The average Bonchev–Trinajstić information content (AvgIpc) is 4.10. The number of alkyl halides is 3. The second-order valence-electron chi connectivity index (χ2n) is 20.3. The predicted molar refractivity (Wildman–Crippen MR) is 276 cm³/mol. The first-order valence-corrected chi connectivity index (χ1v) is 26.4. The van der Waals surface area contributed by atoms with E-state index in [-0.39, 0.29) is 75.6 Å². The third-order valence-electron chi connectivity index (χ3n) is 15.4. The van der Waals surface area contributed by atoms with Crippen LogP contribution in [0.25, 0.3) is 0 Å². The molecule has 0 spiro atoms. The summed E-state index contributed by atoms with van der Waals surface area (Å²) in [6, 6.07) is 16.5. The number of rotatable bonds is 13. The van der Waals surface area contributed by atoms with Crippen LogP contribution in [0.5, 0.6) is 12.0 Å². The topological polar surface area (TPSA) is 229 Å². The largest absolute Gasteiger partial charge is 0.465 e. The number of fused-ring (bicyclic) bond motifs is 2. The number of anilines is 3. The average molecular weight is 1070 g/mol. The van der Waals surface area contributed by atoms with Gasteiger partial charge in [-0.15, -0.1) is 0 Å². The van der Waals surface area contributed by atoms with Gasteiger partial charge in [-0.05, 0) is 90.0 Å². The molecule has 24 heteroatoms. The molecule has 4 aromatic rings. The number of carbonyl (C=O) groups excluding carboxylic acids is 1. The van der Waals surface area contributed by atoms with Crippen molar-refractivity contribution in [1.29, 1.82) is 10.5 Å². The van der Waals surface area contributed by atoms with Crippen molar-refractivity contribution in [2.75, 3.05) is 107 Å². The number of carbonyl (C=O) groups is 2. The summed E-state index contributed by atoms with van der Waals surface area (Å²) in [5, 5.41) is 31.8. The molecule has 4 atom stereocenters. The molecule has 410 valence electrons. The standard InChI is InChI=1S/C27H35N7O3.C26H31F3N8O3/c1-32-13-5-8-22(32)19-36-26-30-24-16-29-12-10-23(24)25(31-26)33-14-15-34(21(17-33)9-11-28)27(35)37-18-20-6-3-2-4-7-20;1-34-10-3-4-18(34)16-40-24-32-21-15-35(23-20(26(27,28)29)5-2-9-31-23)11-7-19(21)22(33-24)36-12-13-37(25(38)39)17(14-36)6-8-30/h2-4,6-7,21-22,29H,5,8-10,12-19H2,1H3;2,5,9,17-18H,3-4,6-7,10-16H2,1H3,(H,38,39)/t21?,22-;17?,18-/m00/s1. The molecule has 9 heterocycles. The molecule has 2 amide bonds. The molecule has 10 rings (SSSR count). The van der Waals surface area contributed by atoms with Gasteiger partial charge >= 0.3 is 30.4 Å². The zero-order valence-electron chi connectivity index (χ0n) is 43.6. The molecule has 0 saturated carbocycles. The number of carboxylic acid groups (broad SMARTS) is 1. The van der Waals surface area contributed by atoms with Gasteiger partial charge in [0, 0.05) is 81.8 Å². The summed E-state index contributed by atoms with van der Waals surface area (Å²) in [4.78, 5) is 60.9. The van der Waals surface area contributed by atoms with Gasteiger partial charge in [-0.3, -0.25) is 0 Å². The van der Waals surface area contributed by atoms with Crippen LogP contribution in [0.15, 0.2) is 48.7 Å². The number of nitrogens with zero attached hydrogens (tertiary/aromatic N) is 14. The van der Waals surface area contributed by atoms with Crippen LogP contribution in [0.4, 0.5) is 40.2 Å². The lowest BCUT2D eigenvalue weighted by molar-refractivity contribution is -0.137. The fourth-order valence-electron chi connectivity index (χ4n) is 11.1. The molecular formula is C53H66F3N15O6. The number of likely N-dealkylation sites (N-methyl/N-ethyl adjacent to an activating group) is 2. The van der Waals surface area contributed by atoms with Crippen molar-refractivity contribution in [2.24, 2.45) is 0 Å². The third kappa shape index (κ3) is 13.1. The quantitative estimate of drug-likeness (QED) is 0.172. The molecule has 2 unspecified atom stereocenters. The molecule has 0 bridgehead atoms. The minimum absolute atomic E-state index is 0.0289. The van der Waals surface area contributed by atoms with Gasteiger partial charge in [0.05, 0.1) is 60.6 Å². The number of benzene rings is 1. The Morgan fingerprint density at radius 3 is 1.90 bits per heavy atom. The number of pyridine rings is 1. The number of halogens is 3. The second kappa shape index (κ2) is 24.8. The fourth-order valence-corrected chi connectivity index (χ4v) is 11.1. The van der Waals surface area contributed by atoms with E-state index in [9.17, 15) is 38.4 Å². The van der Waals surface area contributed by atoms with E-state index in [4.69, 9.17) is 29.2 Å². The molecule has 21 nitrogen and oxygen atoms in total. The molecule has 77 heavy (non-hydrogen) atoms. The van der Waals surface area contributed by atoms with E-state index >= 15 is 0 Å². The summed E-state index contributed by atoms with van der Waals surface area (Å²) in [6.45, 7) is 7.49. The van der Waals surface area contributed by atoms with Gasteiger partial charge in [0.2, 0.25) is 0 Å². The third-order valence-corrected chi connectivity index (χ3v) is 15.4. The van der Waals surface area contributed by atoms with E-state index in [2.05, 4.69) is 49.2 Å². The van der Waals surface area contributed by atoms with Crippen LogP contribution in [-0.2, 0) is 43.5 Å². The summed E-state index contributed by atoms with van der Waals surface area (Å²) in [6.07, 6.45) is 1.12. The minimum Gasteiger partial charge on any atom is -0.465 e. The van der Waals surface area contributed by atoms with Crippen molar-refractivity contribution in [3.05, 3.63) is 82.3 Å². The van der Waals surface area contributed by atoms with Crippen molar-refractivity contribution >= 4 is 29.6 Å². The van der Waals surface area contributed by atoms with Crippen molar-refractivity contribution in [3.63, 3.8) is 0 Å². The number of hydrogen-bond donors (Lipinski definition) is 2. The number of likely N-dealkylation sites (tertiary alicyclic amines) is 2. The maximum atomic E-state index is 13.7. The Morgan fingerprint density at radius 1 is 0.714 bits per heavy atom. The van der Waals surface area contributed by atoms with Crippen LogP contribution in [0.1, 0.15) is 72.2 Å². The monoisotopic (exact) mass is 1070 g/mol. The number of nitriles is 2. The molecule has 6 aliphatic rings. The van der Waals surface area contributed by atoms with Gasteiger partial charge in [0.25, 0.3) is 0 Å². The van der Waals surface area contributed by atoms with Crippen LogP contribution >= 0.6 is 0 Å². The van der Waals surface area contributed by atoms with Gasteiger partial charge in [0.1, 0.15) is 37.3 Å². The Labute approximate surface area is 446 Å².